The number of amides is 2. The Hall–Kier alpha value is -3.81. The third-order valence-electron chi connectivity index (χ3n) is 4.29. The molecule has 3 aromatic carbocycles. The maximum Gasteiger partial charge on any atom is 0.267 e. The Morgan fingerprint density at radius 1 is 0.969 bits per heavy atom. The fraction of sp³-hybridized carbons (Fsp3) is 0.0833. The van der Waals surface area contributed by atoms with E-state index in [-0.39, 0.29) is 30.2 Å². The number of ether oxygens (including phenoxy) is 1. The molecule has 0 radical (unpaired) electrons. The second kappa shape index (κ2) is 11.0. The first kappa shape index (κ1) is 22.9. The standard InChI is InChI=1S/C24H21ClN2O5/c25-19-6-2-4-8-22(19)32-17-11-9-16(10-12-17)15-20(24(31)26-13-14-28)27-23(30)18-5-1-3-7-21(18)29/h1-12,15,28-29H,13-14H2,(H,26,31)(H,27,30)/b20-15-. The lowest BCUT2D eigenvalue weighted by atomic mass is 10.1. The zero-order valence-corrected chi connectivity index (χ0v) is 17.7. The minimum atomic E-state index is -0.646. The molecule has 8 heteroatoms. The predicted octanol–water partition coefficient (Wildman–Crippen LogP) is 3.72. The summed E-state index contributed by atoms with van der Waals surface area (Å²) in [4.78, 5) is 25.1. The third kappa shape index (κ3) is 6.10. The summed E-state index contributed by atoms with van der Waals surface area (Å²) in [7, 11) is 0. The van der Waals surface area contributed by atoms with Crippen molar-refractivity contribution in [1.29, 1.82) is 0 Å². The van der Waals surface area contributed by atoms with Crippen LogP contribution in [-0.4, -0.2) is 35.2 Å². The van der Waals surface area contributed by atoms with Gasteiger partial charge in [-0.3, -0.25) is 9.59 Å². The third-order valence-corrected chi connectivity index (χ3v) is 4.61. The number of aliphatic hydroxyl groups is 1. The van der Waals surface area contributed by atoms with Crippen LogP contribution in [0.3, 0.4) is 0 Å². The van der Waals surface area contributed by atoms with E-state index < -0.39 is 11.8 Å². The summed E-state index contributed by atoms with van der Waals surface area (Å²) in [5.74, 6) is -0.385. The van der Waals surface area contributed by atoms with E-state index in [0.717, 1.165) is 0 Å². The summed E-state index contributed by atoms with van der Waals surface area (Å²) in [6.07, 6.45) is 1.48. The topological polar surface area (TPSA) is 108 Å². The molecule has 0 saturated carbocycles. The van der Waals surface area contributed by atoms with Crippen LogP contribution < -0.4 is 15.4 Å². The number of phenols is 1. The van der Waals surface area contributed by atoms with Crippen LogP contribution in [0.25, 0.3) is 6.08 Å². The molecule has 32 heavy (non-hydrogen) atoms. The molecule has 0 bridgehead atoms. The molecule has 3 aromatic rings. The van der Waals surface area contributed by atoms with Crippen molar-refractivity contribution in [2.75, 3.05) is 13.2 Å². The van der Waals surface area contributed by atoms with Crippen LogP contribution >= 0.6 is 11.6 Å². The Balaban J connectivity index is 1.81. The Labute approximate surface area is 189 Å². The highest BCUT2D eigenvalue weighted by atomic mass is 35.5. The van der Waals surface area contributed by atoms with Gasteiger partial charge in [-0.1, -0.05) is 48.0 Å². The maximum absolute atomic E-state index is 12.6. The normalized spacial score (nSPS) is 11.0. The van der Waals surface area contributed by atoms with Crippen LogP contribution in [0.15, 0.2) is 78.5 Å². The van der Waals surface area contributed by atoms with Gasteiger partial charge in [0.1, 0.15) is 22.9 Å². The first-order valence-corrected chi connectivity index (χ1v) is 10.1. The van der Waals surface area contributed by atoms with E-state index in [1.807, 2.05) is 6.07 Å². The van der Waals surface area contributed by atoms with E-state index in [4.69, 9.17) is 21.4 Å². The number of hydrogen-bond donors (Lipinski definition) is 4. The number of aromatic hydroxyl groups is 1. The van der Waals surface area contributed by atoms with Crippen molar-refractivity contribution in [1.82, 2.24) is 10.6 Å². The molecule has 0 saturated heterocycles. The van der Waals surface area contributed by atoms with Crippen LogP contribution in [0.2, 0.25) is 5.02 Å². The van der Waals surface area contributed by atoms with Gasteiger partial charge in [0, 0.05) is 6.54 Å². The van der Waals surface area contributed by atoms with Gasteiger partial charge in [-0.25, -0.2) is 0 Å². The van der Waals surface area contributed by atoms with Crippen molar-refractivity contribution in [3.05, 3.63) is 94.6 Å². The summed E-state index contributed by atoms with van der Waals surface area (Å²) in [6, 6.07) is 19.9. The van der Waals surface area contributed by atoms with Gasteiger partial charge in [0.2, 0.25) is 0 Å². The van der Waals surface area contributed by atoms with Gasteiger partial charge in [0.25, 0.3) is 11.8 Å². The van der Waals surface area contributed by atoms with E-state index in [2.05, 4.69) is 10.6 Å². The summed E-state index contributed by atoms with van der Waals surface area (Å²) < 4.78 is 5.75. The van der Waals surface area contributed by atoms with Crippen molar-refractivity contribution in [2.24, 2.45) is 0 Å². The molecular formula is C24H21ClN2O5. The molecule has 3 rings (SSSR count). The first-order chi connectivity index (χ1) is 15.5. The van der Waals surface area contributed by atoms with Gasteiger partial charge >= 0.3 is 0 Å². The lowest BCUT2D eigenvalue weighted by Crippen LogP contribution is -2.36. The van der Waals surface area contributed by atoms with Gasteiger partial charge in [0.15, 0.2) is 0 Å². The molecular weight excluding hydrogens is 432 g/mol. The molecule has 0 aliphatic carbocycles. The van der Waals surface area contributed by atoms with Crippen LogP contribution in [0.5, 0.6) is 17.2 Å². The second-order valence-electron chi connectivity index (χ2n) is 6.61. The van der Waals surface area contributed by atoms with Crippen molar-refractivity contribution in [3.63, 3.8) is 0 Å². The molecule has 0 spiro atoms. The van der Waals surface area contributed by atoms with E-state index in [0.29, 0.717) is 22.1 Å². The highest BCUT2D eigenvalue weighted by molar-refractivity contribution is 6.32. The van der Waals surface area contributed by atoms with E-state index in [9.17, 15) is 14.7 Å². The molecule has 2 amide bonds. The van der Waals surface area contributed by atoms with Gasteiger partial charge in [-0.2, -0.15) is 0 Å². The molecule has 0 atom stereocenters. The number of halogens is 1. The number of benzene rings is 3. The van der Waals surface area contributed by atoms with E-state index >= 15 is 0 Å². The monoisotopic (exact) mass is 452 g/mol. The van der Waals surface area contributed by atoms with Gasteiger partial charge in [-0.15, -0.1) is 0 Å². The first-order valence-electron chi connectivity index (χ1n) is 9.70. The molecule has 0 unspecified atom stereocenters. The molecule has 0 aromatic heterocycles. The number of rotatable bonds is 8. The highest BCUT2D eigenvalue weighted by Crippen LogP contribution is 2.29. The minimum Gasteiger partial charge on any atom is -0.507 e. The Bertz CT molecular complexity index is 1130. The van der Waals surface area contributed by atoms with Crippen molar-refractivity contribution < 1.29 is 24.5 Å². The molecule has 0 heterocycles. The Morgan fingerprint density at radius 3 is 2.34 bits per heavy atom. The smallest absolute Gasteiger partial charge is 0.267 e. The minimum absolute atomic E-state index is 0.0211. The number of carbonyl (C=O) groups excluding carboxylic acids is 2. The average Bonchev–Trinajstić information content (AvgIpc) is 2.80. The molecule has 164 valence electrons. The Kier molecular flexibility index (Phi) is 7.85. The van der Waals surface area contributed by atoms with Gasteiger partial charge in [0.05, 0.1) is 17.2 Å². The molecule has 7 nitrogen and oxygen atoms in total. The van der Waals surface area contributed by atoms with Gasteiger partial charge < -0.3 is 25.6 Å². The second-order valence-corrected chi connectivity index (χ2v) is 7.02. The number of aliphatic hydroxyl groups excluding tert-OH is 1. The van der Waals surface area contributed by atoms with Crippen LogP contribution in [0.4, 0.5) is 0 Å². The molecule has 0 fully saturated rings. The number of para-hydroxylation sites is 2. The van der Waals surface area contributed by atoms with Crippen LogP contribution in [0, 0.1) is 0 Å². The van der Waals surface area contributed by atoms with Crippen molar-refractivity contribution in [2.45, 2.75) is 0 Å². The van der Waals surface area contributed by atoms with Gasteiger partial charge in [-0.05, 0) is 48.0 Å². The summed E-state index contributed by atoms with van der Waals surface area (Å²) in [6.45, 7) is -0.228. The number of hydrogen-bond acceptors (Lipinski definition) is 5. The van der Waals surface area contributed by atoms with Crippen LogP contribution in [0.1, 0.15) is 15.9 Å². The fourth-order valence-corrected chi connectivity index (χ4v) is 2.91. The predicted molar refractivity (Wildman–Crippen MR) is 122 cm³/mol. The average molecular weight is 453 g/mol. The van der Waals surface area contributed by atoms with Crippen LogP contribution in [-0.2, 0) is 4.79 Å². The molecule has 0 aliphatic heterocycles. The SMILES string of the molecule is O=C(NCCO)/C(=C/c1ccc(Oc2ccccc2Cl)cc1)NC(=O)c1ccccc1O. The fourth-order valence-electron chi connectivity index (χ4n) is 2.73. The summed E-state index contributed by atoms with van der Waals surface area (Å²) in [5, 5.41) is 24.4. The Morgan fingerprint density at radius 2 is 1.66 bits per heavy atom. The zero-order valence-electron chi connectivity index (χ0n) is 16.9. The number of nitrogens with one attached hydrogen (secondary N) is 2. The maximum atomic E-state index is 12.6. The quantitative estimate of drug-likeness (QED) is 0.390. The summed E-state index contributed by atoms with van der Waals surface area (Å²) >= 11 is 6.11. The molecule has 4 N–H and O–H groups in total. The highest BCUT2D eigenvalue weighted by Gasteiger charge is 2.16. The van der Waals surface area contributed by atoms with E-state index in [1.165, 1.54) is 18.2 Å². The summed E-state index contributed by atoms with van der Waals surface area (Å²) in [5.41, 5.74) is 0.589. The lowest BCUT2D eigenvalue weighted by Gasteiger charge is -2.12. The van der Waals surface area contributed by atoms with Crippen molar-refractivity contribution >= 4 is 29.5 Å². The lowest BCUT2D eigenvalue weighted by molar-refractivity contribution is -0.117. The number of carbonyl (C=O) groups is 2. The largest absolute Gasteiger partial charge is 0.507 e. The number of phenolic OH excluding ortho intramolecular Hbond substituents is 1. The zero-order chi connectivity index (χ0) is 22.9. The molecule has 0 aliphatic rings. The van der Waals surface area contributed by atoms with E-state index in [1.54, 1.807) is 54.6 Å². The van der Waals surface area contributed by atoms with Crippen molar-refractivity contribution in [3.8, 4) is 17.2 Å².